The molecule has 0 radical (unpaired) electrons. The Balaban J connectivity index is 2.62. The Morgan fingerprint density at radius 3 is 2.47 bits per heavy atom. The zero-order valence-electron chi connectivity index (χ0n) is 9.88. The van der Waals surface area contributed by atoms with Crippen molar-refractivity contribution >= 4 is 27.3 Å². The molecule has 1 heterocycles. The van der Waals surface area contributed by atoms with E-state index in [1.165, 1.54) is 15.8 Å². The molecule has 15 heavy (non-hydrogen) atoms. The highest BCUT2D eigenvalue weighted by atomic mass is 79.9. The van der Waals surface area contributed by atoms with Crippen LogP contribution in [-0.2, 0) is 0 Å². The van der Waals surface area contributed by atoms with Crippen LogP contribution in [0.3, 0.4) is 0 Å². The molecule has 1 N–H and O–H groups in total. The van der Waals surface area contributed by atoms with Crippen molar-refractivity contribution in [2.45, 2.75) is 46.2 Å². The van der Waals surface area contributed by atoms with Crippen molar-refractivity contribution in [1.82, 2.24) is 5.32 Å². The van der Waals surface area contributed by atoms with E-state index in [9.17, 15) is 0 Å². The molecule has 0 saturated carbocycles. The predicted molar refractivity (Wildman–Crippen MR) is 72.5 cm³/mol. The highest BCUT2D eigenvalue weighted by Crippen LogP contribution is 2.29. The Morgan fingerprint density at radius 1 is 1.40 bits per heavy atom. The maximum Gasteiger partial charge on any atom is 0.0399 e. The fourth-order valence-electron chi connectivity index (χ4n) is 1.79. The van der Waals surface area contributed by atoms with E-state index in [0.717, 1.165) is 0 Å². The zero-order chi connectivity index (χ0) is 11.4. The first-order chi connectivity index (χ1) is 7.06. The molecule has 1 aromatic rings. The lowest BCUT2D eigenvalue weighted by Crippen LogP contribution is -2.34. The molecular weight excluding hydrogens is 270 g/mol. The molecule has 0 aliphatic carbocycles. The van der Waals surface area contributed by atoms with Crippen LogP contribution in [-0.4, -0.2) is 6.04 Å². The van der Waals surface area contributed by atoms with Gasteiger partial charge in [0.05, 0.1) is 0 Å². The van der Waals surface area contributed by atoms with Gasteiger partial charge in [-0.15, -0.1) is 11.3 Å². The van der Waals surface area contributed by atoms with Gasteiger partial charge in [-0.3, -0.25) is 0 Å². The van der Waals surface area contributed by atoms with Crippen molar-refractivity contribution in [3.8, 4) is 0 Å². The lowest BCUT2D eigenvalue weighted by Gasteiger charge is -2.25. The topological polar surface area (TPSA) is 12.0 Å². The fraction of sp³-hybridized carbons (Fsp3) is 0.667. The molecule has 0 fully saturated rings. The Morgan fingerprint density at radius 2 is 2.07 bits per heavy atom. The van der Waals surface area contributed by atoms with E-state index in [2.05, 4.69) is 60.4 Å². The fourth-order valence-corrected chi connectivity index (χ4v) is 3.53. The van der Waals surface area contributed by atoms with Crippen molar-refractivity contribution in [2.75, 3.05) is 0 Å². The maximum atomic E-state index is 3.69. The van der Waals surface area contributed by atoms with E-state index in [4.69, 9.17) is 0 Å². The molecule has 0 saturated heterocycles. The molecule has 3 heteroatoms. The van der Waals surface area contributed by atoms with Gasteiger partial charge in [-0.1, -0.05) is 20.8 Å². The van der Waals surface area contributed by atoms with E-state index in [0.29, 0.717) is 18.0 Å². The number of hydrogen-bond donors (Lipinski definition) is 1. The van der Waals surface area contributed by atoms with Crippen LogP contribution in [0.4, 0.5) is 0 Å². The summed E-state index contributed by atoms with van der Waals surface area (Å²) in [6, 6.07) is 3.16. The summed E-state index contributed by atoms with van der Waals surface area (Å²) < 4.78 is 1.23. The molecule has 0 aliphatic rings. The normalized spacial score (nSPS) is 15.6. The second-order valence-corrected chi connectivity index (χ2v) is 6.08. The Labute approximate surface area is 105 Å². The van der Waals surface area contributed by atoms with Crippen LogP contribution in [0, 0.1) is 5.92 Å². The van der Waals surface area contributed by atoms with Gasteiger partial charge in [0.2, 0.25) is 0 Å². The van der Waals surface area contributed by atoms with Gasteiger partial charge in [0, 0.05) is 21.4 Å². The Bertz CT molecular complexity index is 296. The molecule has 86 valence electrons. The lowest BCUT2D eigenvalue weighted by atomic mass is 10.0. The molecule has 0 aromatic carbocycles. The van der Waals surface area contributed by atoms with Gasteiger partial charge < -0.3 is 5.32 Å². The first-order valence-corrected chi connectivity index (χ1v) is 7.22. The van der Waals surface area contributed by atoms with Crippen LogP contribution >= 0.6 is 27.3 Å². The van der Waals surface area contributed by atoms with Gasteiger partial charge >= 0.3 is 0 Å². The molecule has 0 bridgehead atoms. The van der Waals surface area contributed by atoms with Crippen LogP contribution in [0.2, 0.25) is 0 Å². The van der Waals surface area contributed by atoms with Crippen LogP contribution in [0.15, 0.2) is 15.9 Å². The monoisotopic (exact) mass is 289 g/mol. The van der Waals surface area contributed by atoms with Crippen molar-refractivity contribution < 1.29 is 0 Å². The summed E-state index contributed by atoms with van der Waals surface area (Å²) in [4.78, 5) is 1.40. The molecule has 1 aromatic heterocycles. The first-order valence-electron chi connectivity index (χ1n) is 5.55. The summed E-state index contributed by atoms with van der Waals surface area (Å²) in [6.07, 6.45) is 1.19. The lowest BCUT2D eigenvalue weighted by molar-refractivity contribution is 0.357. The minimum Gasteiger partial charge on any atom is -0.306 e. The van der Waals surface area contributed by atoms with Crippen molar-refractivity contribution in [3.63, 3.8) is 0 Å². The smallest absolute Gasteiger partial charge is 0.0399 e. The molecule has 2 unspecified atom stereocenters. The number of nitrogens with one attached hydrogen (secondary N) is 1. The molecule has 0 aliphatic heterocycles. The van der Waals surface area contributed by atoms with Gasteiger partial charge in [-0.05, 0) is 46.6 Å². The quantitative estimate of drug-likeness (QED) is 0.836. The average molecular weight is 290 g/mol. The van der Waals surface area contributed by atoms with Crippen LogP contribution in [0.25, 0.3) is 0 Å². The van der Waals surface area contributed by atoms with Gasteiger partial charge in [0.15, 0.2) is 0 Å². The first kappa shape index (κ1) is 13.2. The molecule has 1 nitrogen and oxygen atoms in total. The van der Waals surface area contributed by atoms with E-state index < -0.39 is 0 Å². The summed E-state index contributed by atoms with van der Waals surface area (Å²) in [5, 5.41) is 5.82. The van der Waals surface area contributed by atoms with Gasteiger partial charge in [0.1, 0.15) is 0 Å². The molecule has 0 amide bonds. The number of rotatable bonds is 5. The number of hydrogen-bond acceptors (Lipinski definition) is 2. The van der Waals surface area contributed by atoms with Crippen molar-refractivity contribution in [3.05, 3.63) is 20.8 Å². The van der Waals surface area contributed by atoms with Crippen molar-refractivity contribution in [1.29, 1.82) is 0 Å². The second-order valence-electron chi connectivity index (χ2n) is 4.28. The van der Waals surface area contributed by atoms with Gasteiger partial charge in [-0.2, -0.15) is 0 Å². The molecular formula is C12H20BrNS. The second kappa shape index (κ2) is 6.02. The third-order valence-electron chi connectivity index (χ3n) is 2.75. The molecule has 2 atom stereocenters. The summed E-state index contributed by atoms with van der Waals surface area (Å²) in [5.41, 5.74) is 0. The summed E-state index contributed by atoms with van der Waals surface area (Å²) in [5.74, 6) is 0.691. The van der Waals surface area contributed by atoms with E-state index >= 15 is 0 Å². The average Bonchev–Trinajstić information content (AvgIpc) is 2.60. The molecule has 1 rings (SSSR count). The summed E-state index contributed by atoms with van der Waals surface area (Å²) in [6.45, 7) is 9.03. The largest absolute Gasteiger partial charge is 0.306 e. The van der Waals surface area contributed by atoms with Crippen LogP contribution < -0.4 is 5.32 Å². The highest BCUT2D eigenvalue weighted by molar-refractivity contribution is 9.10. The van der Waals surface area contributed by atoms with Crippen LogP contribution in [0.1, 0.15) is 45.0 Å². The van der Waals surface area contributed by atoms with Gasteiger partial charge in [-0.25, -0.2) is 0 Å². The van der Waals surface area contributed by atoms with Crippen LogP contribution in [0.5, 0.6) is 0 Å². The number of halogens is 1. The SMILES string of the molecule is CCC(NC(C)c1sccc1Br)C(C)C. The summed E-state index contributed by atoms with van der Waals surface area (Å²) in [7, 11) is 0. The predicted octanol–water partition coefficient (Wildman–Crippen LogP) is 4.60. The minimum atomic E-state index is 0.437. The van der Waals surface area contributed by atoms with E-state index in [-0.39, 0.29) is 0 Å². The minimum absolute atomic E-state index is 0.437. The standard InChI is InChI=1S/C12H20BrNS/c1-5-11(8(2)3)14-9(4)12-10(13)6-7-15-12/h6-9,11,14H,5H2,1-4H3. The third-order valence-corrected chi connectivity index (χ3v) is 4.80. The third kappa shape index (κ3) is 3.58. The van der Waals surface area contributed by atoms with Gasteiger partial charge in [0.25, 0.3) is 0 Å². The van der Waals surface area contributed by atoms with E-state index in [1.807, 2.05) is 11.3 Å². The zero-order valence-corrected chi connectivity index (χ0v) is 12.3. The maximum absolute atomic E-state index is 3.69. The molecule has 0 spiro atoms. The number of thiophene rings is 1. The Hall–Kier alpha value is 0.140. The summed E-state index contributed by atoms with van der Waals surface area (Å²) >= 11 is 5.40. The van der Waals surface area contributed by atoms with Crippen molar-refractivity contribution in [2.24, 2.45) is 5.92 Å². The van der Waals surface area contributed by atoms with E-state index in [1.54, 1.807) is 0 Å². The Kier molecular flexibility index (Phi) is 5.30. The highest BCUT2D eigenvalue weighted by Gasteiger charge is 2.17.